The summed E-state index contributed by atoms with van der Waals surface area (Å²) in [4.78, 5) is 24.3. The summed E-state index contributed by atoms with van der Waals surface area (Å²) in [6.07, 6.45) is 3.86. The van der Waals surface area contributed by atoms with Crippen LogP contribution < -0.4 is 0 Å². The summed E-state index contributed by atoms with van der Waals surface area (Å²) in [5, 5.41) is 18.8. The molecule has 3 atom stereocenters. The highest BCUT2D eigenvalue weighted by atomic mass is 35.5. The van der Waals surface area contributed by atoms with E-state index in [1.54, 1.807) is 0 Å². The number of halogens is 2. The standard InChI is InChI=1S/C28H23Cl2N3O3/c1-17-14-21(16-18-2-8-22(29)9-3-18)26-25(15-17)27(19-4-10-23(30)11-5-19)32(31-26)28(34)20-6-12-24(13-7-20)33(35)36/h2-13,16-17,25,27H,14-15H2,1H3/b21-16-. The Bertz CT molecular complexity index is 1370. The summed E-state index contributed by atoms with van der Waals surface area (Å²) < 4.78 is 0. The number of hydrogen-bond acceptors (Lipinski definition) is 4. The molecule has 3 aromatic carbocycles. The van der Waals surface area contributed by atoms with E-state index in [9.17, 15) is 14.9 Å². The number of nitro benzene ring substituents is 1. The summed E-state index contributed by atoms with van der Waals surface area (Å²) in [5.74, 6) is 0.109. The van der Waals surface area contributed by atoms with Crippen LogP contribution in [0.5, 0.6) is 0 Å². The predicted molar refractivity (Wildman–Crippen MR) is 142 cm³/mol. The zero-order valence-corrected chi connectivity index (χ0v) is 21.0. The average molecular weight is 520 g/mol. The molecule has 182 valence electrons. The quantitative estimate of drug-likeness (QED) is 0.263. The van der Waals surface area contributed by atoms with Crippen molar-refractivity contribution >= 4 is 46.6 Å². The van der Waals surface area contributed by atoms with Gasteiger partial charge in [0, 0.05) is 33.7 Å². The monoisotopic (exact) mass is 519 g/mol. The van der Waals surface area contributed by atoms with Crippen LogP contribution in [0.2, 0.25) is 10.0 Å². The van der Waals surface area contributed by atoms with Crippen molar-refractivity contribution in [3.8, 4) is 0 Å². The van der Waals surface area contributed by atoms with Gasteiger partial charge in [0.1, 0.15) is 0 Å². The van der Waals surface area contributed by atoms with E-state index in [0.29, 0.717) is 21.5 Å². The van der Waals surface area contributed by atoms with Gasteiger partial charge >= 0.3 is 0 Å². The number of non-ortho nitro benzene ring substituents is 1. The van der Waals surface area contributed by atoms with Gasteiger partial charge in [0.2, 0.25) is 0 Å². The largest absolute Gasteiger partial charge is 0.274 e. The van der Waals surface area contributed by atoms with Crippen LogP contribution in [-0.2, 0) is 0 Å². The van der Waals surface area contributed by atoms with Crippen molar-refractivity contribution in [2.75, 3.05) is 0 Å². The zero-order chi connectivity index (χ0) is 25.4. The number of nitrogens with zero attached hydrogens (tertiary/aromatic N) is 3. The summed E-state index contributed by atoms with van der Waals surface area (Å²) in [7, 11) is 0. The second kappa shape index (κ2) is 9.88. The van der Waals surface area contributed by atoms with Gasteiger partial charge in [0.15, 0.2) is 0 Å². The Kier molecular flexibility index (Phi) is 6.65. The third kappa shape index (κ3) is 4.79. The van der Waals surface area contributed by atoms with Gasteiger partial charge in [-0.2, -0.15) is 5.10 Å². The molecule has 3 unspecified atom stereocenters. The van der Waals surface area contributed by atoms with Gasteiger partial charge in [-0.1, -0.05) is 54.4 Å². The molecule has 1 aliphatic heterocycles. The normalized spacial score (nSPS) is 22.3. The second-order valence-electron chi connectivity index (χ2n) is 9.31. The minimum Gasteiger partial charge on any atom is -0.267 e. The van der Waals surface area contributed by atoms with Crippen molar-refractivity contribution in [2.45, 2.75) is 25.8 Å². The summed E-state index contributed by atoms with van der Waals surface area (Å²) in [6.45, 7) is 2.21. The minimum absolute atomic E-state index is 0.00970. The first-order valence-corrected chi connectivity index (χ1v) is 12.4. The van der Waals surface area contributed by atoms with Gasteiger partial charge in [-0.05, 0) is 77.9 Å². The smallest absolute Gasteiger partial charge is 0.267 e. The number of allylic oxidation sites excluding steroid dienone is 1. The Hall–Kier alpha value is -3.48. The van der Waals surface area contributed by atoms with Crippen molar-refractivity contribution in [1.29, 1.82) is 0 Å². The third-order valence-corrected chi connectivity index (χ3v) is 7.22. The molecule has 0 radical (unpaired) electrons. The first-order chi connectivity index (χ1) is 17.3. The first kappa shape index (κ1) is 24.2. The number of carbonyl (C=O) groups is 1. The zero-order valence-electron chi connectivity index (χ0n) is 19.5. The topological polar surface area (TPSA) is 75.8 Å². The van der Waals surface area contributed by atoms with E-state index in [0.717, 1.165) is 35.3 Å². The molecule has 5 rings (SSSR count). The van der Waals surface area contributed by atoms with Crippen molar-refractivity contribution in [1.82, 2.24) is 5.01 Å². The minimum atomic E-state index is -0.482. The van der Waals surface area contributed by atoms with E-state index in [2.05, 4.69) is 13.0 Å². The van der Waals surface area contributed by atoms with Crippen LogP contribution in [0.25, 0.3) is 6.08 Å². The molecule has 1 aliphatic carbocycles. The predicted octanol–water partition coefficient (Wildman–Crippen LogP) is 7.58. The second-order valence-corrected chi connectivity index (χ2v) is 10.2. The number of hydrogen-bond donors (Lipinski definition) is 0. The number of hydrazone groups is 1. The molecule has 1 fully saturated rings. The van der Waals surface area contributed by atoms with E-state index >= 15 is 0 Å². The van der Waals surface area contributed by atoms with Crippen LogP contribution in [0, 0.1) is 22.0 Å². The first-order valence-electron chi connectivity index (χ1n) is 11.7. The Labute approximate surface area is 219 Å². The lowest BCUT2D eigenvalue weighted by Gasteiger charge is -2.32. The van der Waals surface area contributed by atoms with E-state index in [-0.39, 0.29) is 23.6 Å². The molecular weight excluding hydrogens is 497 g/mol. The lowest BCUT2D eigenvalue weighted by molar-refractivity contribution is -0.384. The number of amides is 1. The average Bonchev–Trinajstić information content (AvgIpc) is 3.25. The highest BCUT2D eigenvalue weighted by Crippen LogP contribution is 2.46. The van der Waals surface area contributed by atoms with Crippen LogP contribution in [0.4, 0.5) is 5.69 Å². The molecular formula is C28H23Cl2N3O3. The third-order valence-electron chi connectivity index (χ3n) is 6.72. The highest BCUT2D eigenvalue weighted by molar-refractivity contribution is 6.30. The number of fused-ring (bicyclic) bond motifs is 1. The Balaban J connectivity index is 1.58. The van der Waals surface area contributed by atoms with Gasteiger partial charge in [0.05, 0.1) is 16.7 Å². The molecule has 6 nitrogen and oxygen atoms in total. The van der Waals surface area contributed by atoms with Crippen LogP contribution in [0.1, 0.15) is 47.3 Å². The van der Waals surface area contributed by atoms with Gasteiger partial charge in [-0.15, -0.1) is 0 Å². The molecule has 36 heavy (non-hydrogen) atoms. The fraction of sp³-hybridized carbons (Fsp3) is 0.214. The molecule has 3 aromatic rings. The lowest BCUT2D eigenvalue weighted by atomic mass is 9.73. The maximum atomic E-state index is 13.7. The van der Waals surface area contributed by atoms with Gasteiger partial charge in [-0.3, -0.25) is 14.9 Å². The Morgan fingerprint density at radius 3 is 2.22 bits per heavy atom. The molecule has 0 N–H and O–H groups in total. The van der Waals surface area contributed by atoms with Crippen molar-refractivity contribution in [3.05, 3.63) is 115 Å². The van der Waals surface area contributed by atoms with Gasteiger partial charge in [0.25, 0.3) is 11.6 Å². The van der Waals surface area contributed by atoms with Crippen LogP contribution >= 0.6 is 23.2 Å². The maximum absolute atomic E-state index is 13.7. The maximum Gasteiger partial charge on any atom is 0.274 e. The fourth-order valence-corrected chi connectivity index (χ4v) is 5.32. The SMILES string of the molecule is CC1C/C(=C/c2ccc(Cl)cc2)C2=NN(C(=O)c3ccc([N+](=O)[O-])cc3)C(c3ccc(Cl)cc3)C2C1. The molecule has 0 spiro atoms. The molecule has 0 bridgehead atoms. The van der Waals surface area contributed by atoms with Gasteiger partial charge < -0.3 is 0 Å². The summed E-state index contributed by atoms with van der Waals surface area (Å²) in [6, 6.07) is 20.5. The molecule has 0 aromatic heterocycles. The number of carbonyl (C=O) groups excluding carboxylic acids is 1. The van der Waals surface area contributed by atoms with E-state index < -0.39 is 4.92 Å². The lowest BCUT2D eigenvalue weighted by Crippen LogP contribution is -2.33. The Morgan fingerprint density at radius 1 is 1.00 bits per heavy atom. The molecule has 1 heterocycles. The van der Waals surface area contributed by atoms with Crippen molar-refractivity contribution in [3.63, 3.8) is 0 Å². The number of benzene rings is 3. The Morgan fingerprint density at radius 2 is 1.61 bits per heavy atom. The van der Waals surface area contributed by atoms with Crippen molar-refractivity contribution < 1.29 is 9.72 Å². The van der Waals surface area contributed by atoms with Crippen LogP contribution in [-0.4, -0.2) is 21.6 Å². The molecule has 1 amide bonds. The van der Waals surface area contributed by atoms with E-state index in [1.165, 1.54) is 29.3 Å². The molecule has 2 aliphatic rings. The fourth-order valence-electron chi connectivity index (χ4n) is 5.07. The highest BCUT2D eigenvalue weighted by Gasteiger charge is 2.45. The molecule has 1 saturated carbocycles. The molecule has 0 saturated heterocycles. The van der Waals surface area contributed by atoms with E-state index in [1.807, 2.05) is 48.5 Å². The van der Waals surface area contributed by atoms with Gasteiger partial charge in [-0.25, -0.2) is 5.01 Å². The summed E-state index contributed by atoms with van der Waals surface area (Å²) in [5.41, 5.74) is 4.24. The number of nitro groups is 1. The van der Waals surface area contributed by atoms with Crippen LogP contribution in [0.15, 0.2) is 83.5 Å². The summed E-state index contributed by atoms with van der Waals surface area (Å²) >= 11 is 12.2. The van der Waals surface area contributed by atoms with E-state index in [4.69, 9.17) is 28.3 Å². The van der Waals surface area contributed by atoms with Crippen LogP contribution in [0.3, 0.4) is 0 Å². The number of rotatable bonds is 4. The molecule has 8 heteroatoms. The van der Waals surface area contributed by atoms with Crippen molar-refractivity contribution in [2.24, 2.45) is 16.9 Å².